The SMILES string of the molecule is CCN1CCN(C(=O)N[C@@H](C(=O)N[C@@H]2C(=O)N3C(C(=O)O)=C(C[N+]4(CCNC(=O)c5ccc(O)c(O)c5Cl)CCCC4)CS[C@H]23)c2ccccc2)C(=O)C1=O. The average Bonchev–Trinajstić information content (AvgIpc) is 3.63. The van der Waals surface area contributed by atoms with E-state index in [0.717, 1.165) is 23.8 Å². The second-order valence-electron chi connectivity index (χ2n) is 13.7. The van der Waals surface area contributed by atoms with Gasteiger partial charge in [-0.25, -0.2) is 9.59 Å². The van der Waals surface area contributed by atoms with Crippen LogP contribution in [0.25, 0.3) is 0 Å². The number of β-lactam (4-membered cyclic amide) rings is 1. The Kier molecular flexibility index (Phi) is 11.6. The van der Waals surface area contributed by atoms with Gasteiger partial charge >= 0.3 is 23.8 Å². The van der Waals surface area contributed by atoms with Crippen molar-refractivity contribution < 1.29 is 53.4 Å². The molecule has 4 heterocycles. The zero-order valence-electron chi connectivity index (χ0n) is 29.8. The molecule has 0 radical (unpaired) electrons. The van der Waals surface area contributed by atoms with Gasteiger partial charge in [0.2, 0.25) is 5.91 Å². The number of carboxylic acids is 1. The van der Waals surface area contributed by atoms with Crippen LogP contribution in [0.1, 0.15) is 41.7 Å². The second kappa shape index (κ2) is 16.2. The fraction of sp³-hybridized carbons (Fsp3) is 0.417. The molecular formula is C36H41ClN7O10S+. The molecule has 2 aromatic rings. The Hall–Kier alpha value is -5.33. The molecule has 0 spiro atoms. The molecule has 4 aliphatic heterocycles. The molecule has 3 fully saturated rings. The number of rotatable bonds is 12. The highest BCUT2D eigenvalue weighted by Gasteiger charge is 2.55. The Morgan fingerprint density at radius 3 is 2.38 bits per heavy atom. The number of phenols is 2. The van der Waals surface area contributed by atoms with Crippen molar-refractivity contribution in [3.05, 3.63) is 69.9 Å². The lowest BCUT2D eigenvalue weighted by Gasteiger charge is -2.50. The molecule has 19 heteroatoms. The maximum atomic E-state index is 13.8. The lowest BCUT2D eigenvalue weighted by atomic mass is 10.0. The van der Waals surface area contributed by atoms with Crippen molar-refractivity contribution >= 4 is 64.9 Å². The molecule has 4 aliphatic rings. The third-order valence-corrected chi connectivity index (χ3v) is 12.1. The molecule has 6 N–H and O–H groups in total. The van der Waals surface area contributed by atoms with Crippen LogP contribution in [0.3, 0.4) is 0 Å². The van der Waals surface area contributed by atoms with Crippen molar-refractivity contribution in [1.29, 1.82) is 0 Å². The molecule has 292 valence electrons. The van der Waals surface area contributed by atoms with Crippen LogP contribution in [0.15, 0.2) is 53.7 Å². The summed E-state index contributed by atoms with van der Waals surface area (Å²) >= 11 is 7.36. The summed E-state index contributed by atoms with van der Waals surface area (Å²) in [6.07, 6.45) is 1.76. The number of aliphatic carboxylic acids is 1. The smallest absolute Gasteiger partial charge is 0.352 e. The van der Waals surface area contributed by atoms with Crippen LogP contribution >= 0.6 is 23.4 Å². The van der Waals surface area contributed by atoms with E-state index in [-0.39, 0.29) is 41.7 Å². The van der Waals surface area contributed by atoms with Gasteiger partial charge in [0.05, 0.1) is 36.8 Å². The van der Waals surface area contributed by atoms with E-state index in [2.05, 4.69) is 16.0 Å². The monoisotopic (exact) mass is 798 g/mol. The van der Waals surface area contributed by atoms with Gasteiger partial charge in [0, 0.05) is 43.8 Å². The number of amides is 7. The topological polar surface area (TPSA) is 226 Å². The summed E-state index contributed by atoms with van der Waals surface area (Å²) in [5.41, 5.74) is 0.737. The number of phenolic OH excluding ortho intramolecular Hbond substituents is 2. The summed E-state index contributed by atoms with van der Waals surface area (Å²) in [6, 6.07) is 7.23. The van der Waals surface area contributed by atoms with E-state index in [4.69, 9.17) is 11.6 Å². The predicted molar refractivity (Wildman–Crippen MR) is 197 cm³/mol. The highest BCUT2D eigenvalue weighted by Crippen LogP contribution is 2.42. The van der Waals surface area contributed by atoms with Crippen molar-refractivity contribution in [2.45, 2.75) is 37.2 Å². The molecule has 3 atom stereocenters. The zero-order chi connectivity index (χ0) is 39.6. The molecule has 0 bridgehead atoms. The summed E-state index contributed by atoms with van der Waals surface area (Å²) in [5.74, 6) is -5.88. The van der Waals surface area contributed by atoms with E-state index in [1.165, 1.54) is 27.6 Å². The number of aromatic hydroxyl groups is 2. The van der Waals surface area contributed by atoms with Crippen LogP contribution in [-0.4, -0.2) is 146 Å². The number of likely N-dealkylation sites (tertiary alicyclic amines) is 1. The van der Waals surface area contributed by atoms with Gasteiger partial charge in [0.15, 0.2) is 11.5 Å². The van der Waals surface area contributed by atoms with E-state index >= 15 is 0 Å². The van der Waals surface area contributed by atoms with Gasteiger partial charge in [0.25, 0.3) is 11.8 Å². The minimum Gasteiger partial charge on any atom is -0.504 e. The molecule has 0 aliphatic carbocycles. The second-order valence-corrected chi connectivity index (χ2v) is 15.2. The number of thioether (sulfide) groups is 1. The van der Waals surface area contributed by atoms with Crippen molar-refractivity contribution in [2.75, 3.05) is 58.1 Å². The lowest BCUT2D eigenvalue weighted by molar-refractivity contribution is -0.911. The van der Waals surface area contributed by atoms with Crippen molar-refractivity contribution in [2.24, 2.45) is 0 Å². The molecule has 0 saturated carbocycles. The first-order valence-corrected chi connectivity index (χ1v) is 19.2. The number of hydrogen-bond donors (Lipinski definition) is 6. The third-order valence-electron chi connectivity index (χ3n) is 10.4. The number of hydrogen-bond acceptors (Lipinski definition) is 10. The number of carbonyl (C=O) groups is 7. The first-order chi connectivity index (χ1) is 26.3. The maximum absolute atomic E-state index is 13.8. The summed E-state index contributed by atoms with van der Waals surface area (Å²) in [6.45, 7) is 4.49. The number of urea groups is 1. The molecule has 0 aromatic heterocycles. The number of halogens is 1. The number of fused-ring (bicyclic) bond motifs is 1. The van der Waals surface area contributed by atoms with Crippen molar-refractivity contribution in [3.8, 4) is 11.5 Å². The third kappa shape index (κ3) is 7.79. The van der Waals surface area contributed by atoms with Gasteiger partial charge in [-0.2, -0.15) is 0 Å². The fourth-order valence-corrected chi connectivity index (χ4v) is 9.04. The van der Waals surface area contributed by atoms with E-state index in [1.807, 2.05) is 0 Å². The summed E-state index contributed by atoms with van der Waals surface area (Å²) in [7, 11) is 0. The molecular weight excluding hydrogens is 758 g/mol. The van der Waals surface area contributed by atoms with Crippen LogP contribution in [-0.2, 0) is 24.0 Å². The highest BCUT2D eigenvalue weighted by molar-refractivity contribution is 8.00. The normalized spacial score (nSPS) is 21.1. The number of imide groups is 1. The minimum absolute atomic E-state index is 0.0111. The molecule has 2 aromatic carbocycles. The lowest BCUT2D eigenvalue weighted by Crippen LogP contribution is -2.71. The number of piperazine rings is 1. The standard InChI is InChI=1S/C36H40ClN7O10S/c1-2-41-13-14-42(33(51)32(41)50)36(54)40-25(20-8-4-3-5-9-20)30(48)39-26-31(49)43-27(35(52)53)21(19-55-34(26)43)18-44(15-6-7-16-44)17-12-38-29(47)22-10-11-23(45)28(46)24(22)37/h3-5,8-11,25-26,34H,2,6-7,12-19H2,1H3,(H5-,38,39,40,45,46,47,48,50,51,52,53,54)/p+1/t25-,26-,34-/m1/s1. The van der Waals surface area contributed by atoms with Crippen molar-refractivity contribution in [1.82, 2.24) is 30.7 Å². The Morgan fingerprint density at radius 1 is 1.00 bits per heavy atom. The van der Waals surface area contributed by atoms with Gasteiger partial charge in [-0.15, -0.1) is 11.8 Å². The number of nitrogens with zero attached hydrogens (tertiary/aromatic N) is 4. The van der Waals surface area contributed by atoms with Gasteiger partial charge in [0.1, 0.15) is 29.7 Å². The highest BCUT2D eigenvalue weighted by atomic mass is 35.5. The zero-order valence-corrected chi connectivity index (χ0v) is 31.4. The van der Waals surface area contributed by atoms with E-state index in [0.29, 0.717) is 48.3 Å². The Morgan fingerprint density at radius 2 is 1.71 bits per heavy atom. The van der Waals surface area contributed by atoms with Crippen LogP contribution in [0.5, 0.6) is 11.5 Å². The molecule has 6 rings (SSSR count). The number of benzene rings is 2. The molecule has 7 amide bonds. The summed E-state index contributed by atoms with van der Waals surface area (Å²) in [5, 5.41) is 36.9. The van der Waals surface area contributed by atoms with Crippen LogP contribution in [0.4, 0.5) is 4.79 Å². The minimum atomic E-state index is -1.35. The van der Waals surface area contributed by atoms with Gasteiger partial charge in [-0.3, -0.25) is 33.8 Å². The molecule has 0 unspecified atom stereocenters. The van der Waals surface area contributed by atoms with Gasteiger partial charge in [-0.1, -0.05) is 41.9 Å². The number of quaternary nitrogens is 1. The van der Waals surface area contributed by atoms with Crippen LogP contribution in [0.2, 0.25) is 5.02 Å². The predicted octanol–water partition coefficient (Wildman–Crippen LogP) is 0.972. The van der Waals surface area contributed by atoms with Gasteiger partial charge in [-0.05, 0) is 24.6 Å². The summed E-state index contributed by atoms with van der Waals surface area (Å²) < 4.78 is 0.467. The Balaban J connectivity index is 1.14. The van der Waals surface area contributed by atoms with Crippen LogP contribution < -0.4 is 16.0 Å². The first kappa shape index (κ1) is 39.4. The van der Waals surface area contributed by atoms with Crippen molar-refractivity contribution in [3.63, 3.8) is 0 Å². The number of carbonyl (C=O) groups excluding carboxylic acids is 6. The molecule has 55 heavy (non-hydrogen) atoms. The molecule has 17 nitrogen and oxygen atoms in total. The number of carboxylic acid groups (broad SMARTS) is 1. The molecule has 3 saturated heterocycles. The maximum Gasteiger partial charge on any atom is 0.352 e. The van der Waals surface area contributed by atoms with Gasteiger partial charge < -0.3 is 40.7 Å². The largest absolute Gasteiger partial charge is 0.504 e. The quantitative estimate of drug-likeness (QED) is 0.0768. The van der Waals surface area contributed by atoms with E-state index < -0.39 is 70.5 Å². The van der Waals surface area contributed by atoms with E-state index in [9.17, 15) is 48.9 Å². The summed E-state index contributed by atoms with van der Waals surface area (Å²) in [4.78, 5) is 94.7. The van der Waals surface area contributed by atoms with E-state index in [1.54, 1.807) is 37.3 Å². The number of likely N-dealkylation sites (N-methyl/N-ethyl adjacent to an activating group) is 1. The van der Waals surface area contributed by atoms with Crippen LogP contribution in [0, 0.1) is 0 Å². The number of nitrogens with one attached hydrogen (secondary N) is 3. The Bertz CT molecular complexity index is 1960. The Labute approximate surface area is 324 Å². The average molecular weight is 799 g/mol. The fourth-order valence-electron chi connectivity index (χ4n) is 7.46. The first-order valence-electron chi connectivity index (χ1n) is 17.8.